The zero-order valence-electron chi connectivity index (χ0n) is 6.09. The number of nitrogens with zero attached hydrogens (tertiary/aromatic N) is 3. The fourth-order valence-electron chi connectivity index (χ4n) is 1.15. The van der Waals surface area contributed by atoms with E-state index in [0.717, 1.165) is 6.54 Å². The van der Waals surface area contributed by atoms with E-state index in [9.17, 15) is 0 Å². The number of allylic oxidation sites excluding steroid dienone is 4. The molecule has 0 saturated heterocycles. The fraction of sp³-hybridized carbons (Fsp3) is 0.250. The fourth-order valence-corrected chi connectivity index (χ4v) is 1.15. The van der Waals surface area contributed by atoms with Crippen LogP contribution in [0.2, 0.25) is 0 Å². The highest BCUT2D eigenvalue weighted by Crippen LogP contribution is 2.09. The number of hydrogen-bond donors (Lipinski definition) is 0. The van der Waals surface area contributed by atoms with Crippen molar-refractivity contribution < 1.29 is 0 Å². The summed E-state index contributed by atoms with van der Waals surface area (Å²) in [5, 5.41) is 7.61. The first-order valence-corrected chi connectivity index (χ1v) is 3.64. The van der Waals surface area contributed by atoms with E-state index in [0.29, 0.717) is 5.92 Å². The van der Waals surface area contributed by atoms with Crippen LogP contribution in [-0.2, 0) is 6.54 Å². The highest BCUT2D eigenvalue weighted by Gasteiger charge is 2.03. The van der Waals surface area contributed by atoms with Gasteiger partial charge in [0.2, 0.25) is 0 Å². The van der Waals surface area contributed by atoms with Crippen LogP contribution >= 0.6 is 0 Å². The monoisotopic (exact) mass is 147 g/mol. The topological polar surface area (TPSA) is 30.7 Å². The number of aromatic nitrogens is 3. The lowest BCUT2D eigenvalue weighted by Crippen LogP contribution is -2.05. The number of rotatable bonds is 2. The van der Waals surface area contributed by atoms with Crippen molar-refractivity contribution in [1.29, 1.82) is 0 Å². The molecule has 56 valence electrons. The summed E-state index contributed by atoms with van der Waals surface area (Å²) in [4.78, 5) is 0. The molecule has 1 aliphatic carbocycles. The minimum Gasteiger partial charge on any atom is -0.252 e. The molecule has 1 aromatic rings. The first-order chi connectivity index (χ1) is 5.45. The van der Waals surface area contributed by atoms with Gasteiger partial charge in [-0.15, -0.1) is 5.10 Å². The molecule has 1 aromatic heterocycles. The second-order valence-corrected chi connectivity index (χ2v) is 2.56. The molecule has 2 rings (SSSR count). The van der Waals surface area contributed by atoms with Crippen molar-refractivity contribution in [2.24, 2.45) is 5.92 Å². The summed E-state index contributed by atoms with van der Waals surface area (Å²) >= 11 is 0. The van der Waals surface area contributed by atoms with E-state index in [1.54, 1.807) is 6.20 Å². The van der Waals surface area contributed by atoms with Gasteiger partial charge in [0.25, 0.3) is 0 Å². The molecule has 3 heteroatoms. The lowest BCUT2D eigenvalue weighted by molar-refractivity contribution is 0.539. The molecule has 3 nitrogen and oxygen atoms in total. The Hall–Kier alpha value is -1.38. The molecule has 0 amide bonds. The van der Waals surface area contributed by atoms with E-state index in [4.69, 9.17) is 0 Å². The highest BCUT2D eigenvalue weighted by atomic mass is 15.4. The minimum atomic E-state index is 0.497. The summed E-state index contributed by atoms with van der Waals surface area (Å²) in [6.45, 7) is 0.896. The Balaban J connectivity index is 2.01. The van der Waals surface area contributed by atoms with Gasteiger partial charge in [0.1, 0.15) is 0 Å². The van der Waals surface area contributed by atoms with E-state index in [-0.39, 0.29) is 0 Å². The third-order valence-corrected chi connectivity index (χ3v) is 1.70. The van der Waals surface area contributed by atoms with Gasteiger partial charge in [-0.05, 0) is 0 Å². The largest absolute Gasteiger partial charge is 0.252 e. The molecule has 0 atom stereocenters. The van der Waals surface area contributed by atoms with Crippen LogP contribution in [-0.4, -0.2) is 15.0 Å². The van der Waals surface area contributed by atoms with Gasteiger partial charge in [-0.1, -0.05) is 29.5 Å². The maximum absolute atomic E-state index is 3.88. The summed E-state index contributed by atoms with van der Waals surface area (Å²) in [5.74, 6) is 0.497. The van der Waals surface area contributed by atoms with Crippen molar-refractivity contribution in [3.05, 3.63) is 36.7 Å². The second kappa shape index (κ2) is 2.70. The molecule has 0 radical (unpaired) electrons. The van der Waals surface area contributed by atoms with Crippen molar-refractivity contribution in [2.75, 3.05) is 0 Å². The first kappa shape index (κ1) is 6.34. The summed E-state index contributed by atoms with van der Waals surface area (Å²) in [7, 11) is 0. The molecule has 0 bridgehead atoms. The summed E-state index contributed by atoms with van der Waals surface area (Å²) in [6.07, 6.45) is 12.0. The van der Waals surface area contributed by atoms with Crippen molar-refractivity contribution in [3.8, 4) is 0 Å². The van der Waals surface area contributed by atoms with Crippen LogP contribution < -0.4 is 0 Å². The predicted octanol–water partition coefficient (Wildman–Crippen LogP) is 1.02. The zero-order chi connectivity index (χ0) is 7.52. The van der Waals surface area contributed by atoms with E-state index < -0.39 is 0 Å². The van der Waals surface area contributed by atoms with Crippen LogP contribution in [0.15, 0.2) is 36.7 Å². The molecule has 0 fully saturated rings. The maximum Gasteiger partial charge on any atom is 0.0692 e. The van der Waals surface area contributed by atoms with Gasteiger partial charge in [0.05, 0.1) is 12.7 Å². The molecule has 0 aliphatic heterocycles. The first-order valence-electron chi connectivity index (χ1n) is 3.64. The Bertz CT molecular complexity index is 260. The van der Waals surface area contributed by atoms with E-state index in [1.807, 2.05) is 10.9 Å². The third-order valence-electron chi connectivity index (χ3n) is 1.70. The highest BCUT2D eigenvalue weighted by molar-refractivity contribution is 5.17. The molecule has 0 unspecified atom stereocenters. The molecule has 11 heavy (non-hydrogen) atoms. The lowest BCUT2D eigenvalue weighted by Gasteiger charge is -2.02. The summed E-state index contributed by atoms with van der Waals surface area (Å²) in [6, 6.07) is 0. The minimum absolute atomic E-state index is 0.497. The Morgan fingerprint density at radius 1 is 1.27 bits per heavy atom. The molecule has 1 aliphatic rings. The van der Waals surface area contributed by atoms with Gasteiger partial charge < -0.3 is 0 Å². The van der Waals surface area contributed by atoms with Gasteiger partial charge in [-0.3, -0.25) is 4.68 Å². The molecular formula is C8H9N3. The van der Waals surface area contributed by atoms with Crippen molar-refractivity contribution >= 4 is 0 Å². The van der Waals surface area contributed by atoms with Crippen LogP contribution in [0.25, 0.3) is 0 Å². The molecular weight excluding hydrogens is 138 g/mol. The normalized spacial score (nSPS) is 16.4. The second-order valence-electron chi connectivity index (χ2n) is 2.56. The molecule has 0 saturated carbocycles. The zero-order valence-corrected chi connectivity index (χ0v) is 6.09. The molecule has 0 spiro atoms. The maximum atomic E-state index is 3.88. The van der Waals surface area contributed by atoms with Crippen LogP contribution in [0, 0.1) is 5.92 Å². The van der Waals surface area contributed by atoms with Gasteiger partial charge in [-0.25, -0.2) is 0 Å². The Labute approximate surface area is 65.0 Å². The number of hydrogen-bond acceptors (Lipinski definition) is 2. The summed E-state index contributed by atoms with van der Waals surface area (Å²) < 4.78 is 1.84. The smallest absolute Gasteiger partial charge is 0.0692 e. The average molecular weight is 147 g/mol. The molecule has 0 aromatic carbocycles. The van der Waals surface area contributed by atoms with Gasteiger partial charge in [0, 0.05) is 12.1 Å². The Morgan fingerprint density at radius 3 is 2.73 bits per heavy atom. The van der Waals surface area contributed by atoms with Crippen LogP contribution in [0.1, 0.15) is 0 Å². The van der Waals surface area contributed by atoms with Crippen LogP contribution in [0.3, 0.4) is 0 Å². The van der Waals surface area contributed by atoms with Gasteiger partial charge in [0.15, 0.2) is 0 Å². The van der Waals surface area contributed by atoms with Crippen LogP contribution in [0.5, 0.6) is 0 Å². The van der Waals surface area contributed by atoms with E-state index in [1.165, 1.54) is 0 Å². The van der Waals surface area contributed by atoms with E-state index >= 15 is 0 Å². The van der Waals surface area contributed by atoms with Crippen molar-refractivity contribution in [3.63, 3.8) is 0 Å². The molecule has 0 N–H and O–H groups in total. The predicted molar refractivity (Wildman–Crippen MR) is 41.8 cm³/mol. The molecule has 1 heterocycles. The van der Waals surface area contributed by atoms with Crippen LogP contribution in [0.4, 0.5) is 0 Å². The van der Waals surface area contributed by atoms with Gasteiger partial charge >= 0.3 is 0 Å². The third kappa shape index (κ3) is 1.37. The lowest BCUT2D eigenvalue weighted by atomic mass is 10.2. The van der Waals surface area contributed by atoms with E-state index in [2.05, 4.69) is 34.6 Å². The Kier molecular flexibility index (Phi) is 1.55. The SMILES string of the molecule is C1=CC(Cn2ccnn2)C=C1. The Morgan fingerprint density at radius 2 is 2.09 bits per heavy atom. The quantitative estimate of drug-likeness (QED) is 0.625. The standard InChI is InChI=1S/C8H9N3/c1-2-4-8(3-1)7-11-6-5-9-10-11/h1-6,8H,7H2. The average Bonchev–Trinajstić information content (AvgIpc) is 2.60. The van der Waals surface area contributed by atoms with Gasteiger partial charge in [-0.2, -0.15) is 0 Å². The summed E-state index contributed by atoms with van der Waals surface area (Å²) in [5.41, 5.74) is 0. The van der Waals surface area contributed by atoms with Crippen molar-refractivity contribution in [1.82, 2.24) is 15.0 Å². The van der Waals surface area contributed by atoms with Crippen molar-refractivity contribution in [2.45, 2.75) is 6.54 Å².